The third-order valence-corrected chi connectivity index (χ3v) is 3.83. The van der Waals surface area contributed by atoms with E-state index in [0.29, 0.717) is 29.7 Å². The Hall–Kier alpha value is -1.90. The van der Waals surface area contributed by atoms with Gasteiger partial charge in [0.25, 0.3) is 0 Å². The standard InChI is InChI=1S/C16H22Cl2N2O6/c1-9-10(3-5-17)13(25-15(19)21)11(4-6-18)14(26-16(20)22)12(9)24-8-7-23-2/h3-8H2,1-2H3,(H2,19,21)(H2,20,22). The summed E-state index contributed by atoms with van der Waals surface area (Å²) in [5.41, 5.74) is 11.9. The zero-order chi connectivity index (χ0) is 19.7. The van der Waals surface area contributed by atoms with Crippen molar-refractivity contribution in [3.8, 4) is 17.2 Å². The van der Waals surface area contributed by atoms with E-state index >= 15 is 0 Å². The fraction of sp³-hybridized carbons (Fsp3) is 0.500. The molecule has 0 heterocycles. The Bertz CT molecular complexity index is 654. The van der Waals surface area contributed by atoms with Crippen LogP contribution in [0.2, 0.25) is 0 Å². The van der Waals surface area contributed by atoms with Crippen molar-refractivity contribution in [1.82, 2.24) is 0 Å². The molecule has 0 aliphatic carbocycles. The first-order valence-corrected chi connectivity index (χ1v) is 8.80. The second kappa shape index (κ2) is 10.9. The fourth-order valence-electron chi connectivity index (χ4n) is 2.45. The Morgan fingerprint density at radius 1 is 0.885 bits per heavy atom. The van der Waals surface area contributed by atoms with Crippen molar-refractivity contribution >= 4 is 35.4 Å². The van der Waals surface area contributed by atoms with Gasteiger partial charge < -0.3 is 30.4 Å². The van der Waals surface area contributed by atoms with Gasteiger partial charge in [-0.15, -0.1) is 23.2 Å². The van der Waals surface area contributed by atoms with Crippen LogP contribution in [0.1, 0.15) is 16.7 Å². The summed E-state index contributed by atoms with van der Waals surface area (Å²) in [6, 6.07) is 0. The van der Waals surface area contributed by atoms with Gasteiger partial charge in [0.05, 0.1) is 6.61 Å². The molecule has 0 radical (unpaired) electrons. The van der Waals surface area contributed by atoms with E-state index in [2.05, 4.69) is 0 Å². The zero-order valence-corrected chi connectivity index (χ0v) is 16.1. The number of amides is 2. The van der Waals surface area contributed by atoms with Gasteiger partial charge in [-0.05, 0) is 19.8 Å². The van der Waals surface area contributed by atoms with Gasteiger partial charge in [0.1, 0.15) is 12.4 Å². The van der Waals surface area contributed by atoms with Gasteiger partial charge in [0.2, 0.25) is 0 Å². The van der Waals surface area contributed by atoms with Crippen LogP contribution >= 0.6 is 23.2 Å². The van der Waals surface area contributed by atoms with E-state index in [1.165, 1.54) is 7.11 Å². The van der Waals surface area contributed by atoms with E-state index in [1.54, 1.807) is 6.92 Å². The van der Waals surface area contributed by atoms with Crippen LogP contribution in [0.4, 0.5) is 9.59 Å². The topological polar surface area (TPSA) is 123 Å². The molecule has 1 aromatic rings. The fourth-order valence-corrected chi connectivity index (χ4v) is 2.83. The number of benzene rings is 1. The minimum Gasteiger partial charge on any atom is -0.487 e. The molecule has 8 nitrogen and oxygen atoms in total. The van der Waals surface area contributed by atoms with Crippen LogP contribution in [0.5, 0.6) is 17.2 Å². The summed E-state index contributed by atoms with van der Waals surface area (Å²) in [6.07, 6.45) is -1.49. The number of nitrogens with two attached hydrogens (primary N) is 2. The van der Waals surface area contributed by atoms with Crippen molar-refractivity contribution in [3.63, 3.8) is 0 Å². The van der Waals surface area contributed by atoms with Gasteiger partial charge in [0.15, 0.2) is 11.5 Å². The number of carbonyl (C=O) groups is 2. The van der Waals surface area contributed by atoms with Crippen LogP contribution in [-0.2, 0) is 17.6 Å². The molecule has 1 aromatic carbocycles. The largest absolute Gasteiger partial charge is 0.487 e. The number of methoxy groups -OCH3 is 1. The highest BCUT2D eigenvalue weighted by Crippen LogP contribution is 2.45. The second-order valence-electron chi connectivity index (χ2n) is 5.13. The number of hydrogen-bond acceptors (Lipinski definition) is 6. The average Bonchev–Trinajstić information content (AvgIpc) is 2.56. The van der Waals surface area contributed by atoms with Crippen LogP contribution in [0.25, 0.3) is 0 Å². The molecule has 0 atom stereocenters. The molecule has 2 amide bonds. The van der Waals surface area contributed by atoms with Crippen molar-refractivity contribution < 1.29 is 28.5 Å². The minimum absolute atomic E-state index is 0.0290. The monoisotopic (exact) mass is 408 g/mol. The molecule has 4 N–H and O–H groups in total. The highest BCUT2D eigenvalue weighted by Gasteiger charge is 2.27. The maximum atomic E-state index is 11.4. The lowest BCUT2D eigenvalue weighted by atomic mass is 9.97. The maximum Gasteiger partial charge on any atom is 0.410 e. The second-order valence-corrected chi connectivity index (χ2v) is 5.89. The van der Waals surface area contributed by atoms with Gasteiger partial charge >= 0.3 is 12.2 Å². The Balaban J connectivity index is 3.68. The highest BCUT2D eigenvalue weighted by molar-refractivity contribution is 6.18. The predicted octanol–water partition coefficient (Wildman–Crippen LogP) is 2.50. The first kappa shape index (κ1) is 22.1. The Morgan fingerprint density at radius 2 is 1.42 bits per heavy atom. The summed E-state index contributed by atoms with van der Waals surface area (Å²) in [6.45, 7) is 2.23. The van der Waals surface area contributed by atoms with Crippen LogP contribution in [-0.4, -0.2) is 44.3 Å². The van der Waals surface area contributed by atoms with E-state index in [9.17, 15) is 9.59 Å². The summed E-state index contributed by atoms with van der Waals surface area (Å²) in [4.78, 5) is 22.8. The van der Waals surface area contributed by atoms with Crippen LogP contribution < -0.4 is 25.7 Å². The molecule has 1 rings (SSSR count). The van der Waals surface area contributed by atoms with E-state index in [-0.39, 0.29) is 42.0 Å². The molecule has 26 heavy (non-hydrogen) atoms. The molecular formula is C16H22Cl2N2O6. The highest BCUT2D eigenvalue weighted by atomic mass is 35.5. The quantitative estimate of drug-likeness (QED) is 0.452. The molecule has 146 valence electrons. The molecule has 0 spiro atoms. The number of alkyl halides is 2. The Kier molecular flexibility index (Phi) is 9.32. The molecule has 0 aromatic heterocycles. The number of carbonyl (C=O) groups excluding carboxylic acids is 2. The van der Waals surface area contributed by atoms with Crippen molar-refractivity contribution in [2.24, 2.45) is 11.5 Å². The van der Waals surface area contributed by atoms with Crippen molar-refractivity contribution in [2.75, 3.05) is 32.1 Å². The first-order chi connectivity index (χ1) is 12.4. The summed E-state index contributed by atoms with van der Waals surface area (Å²) < 4.78 is 21.0. The normalized spacial score (nSPS) is 10.5. The predicted molar refractivity (Wildman–Crippen MR) is 97.8 cm³/mol. The molecule has 0 saturated heterocycles. The van der Waals surface area contributed by atoms with Gasteiger partial charge in [0, 0.05) is 35.6 Å². The summed E-state index contributed by atoms with van der Waals surface area (Å²) in [7, 11) is 1.53. The van der Waals surface area contributed by atoms with E-state index in [0.717, 1.165) is 0 Å². The third kappa shape index (κ3) is 5.82. The molecule has 0 bridgehead atoms. The minimum atomic E-state index is -1.05. The number of primary amides is 2. The summed E-state index contributed by atoms with van der Waals surface area (Å²) in [5, 5.41) is 0. The number of halogens is 2. The lowest BCUT2D eigenvalue weighted by Gasteiger charge is -2.23. The number of ether oxygens (including phenoxy) is 4. The van der Waals surface area contributed by atoms with E-state index in [1.807, 2.05) is 0 Å². The van der Waals surface area contributed by atoms with Crippen LogP contribution in [0, 0.1) is 6.92 Å². The van der Waals surface area contributed by atoms with Crippen molar-refractivity contribution in [2.45, 2.75) is 19.8 Å². The first-order valence-electron chi connectivity index (χ1n) is 7.73. The van der Waals surface area contributed by atoms with Crippen LogP contribution in [0.15, 0.2) is 0 Å². The van der Waals surface area contributed by atoms with Crippen LogP contribution in [0.3, 0.4) is 0 Å². The molecule has 0 saturated carbocycles. The number of rotatable bonds is 10. The summed E-state index contributed by atoms with van der Waals surface area (Å²) in [5.74, 6) is 0.862. The van der Waals surface area contributed by atoms with E-state index < -0.39 is 12.2 Å². The molecule has 0 aliphatic heterocycles. The smallest absolute Gasteiger partial charge is 0.410 e. The van der Waals surface area contributed by atoms with Crippen molar-refractivity contribution in [1.29, 1.82) is 0 Å². The maximum absolute atomic E-state index is 11.4. The van der Waals surface area contributed by atoms with Crippen molar-refractivity contribution in [3.05, 3.63) is 16.7 Å². The molecule has 0 fully saturated rings. The van der Waals surface area contributed by atoms with Gasteiger partial charge in [-0.2, -0.15) is 0 Å². The Morgan fingerprint density at radius 3 is 1.92 bits per heavy atom. The molecule has 0 unspecified atom stereocenters. The SMILES string of the molecule is COCCOc1c(C)c(CCCl)c(OC(N)=O)c(CCCl)c1OC(N)=O. The molecule has 10 heteroatoms. The average molecular weight is 409 g/mol. The summed E-state index contributed by atoms with van der Waals surface area (Å²) >= 11 is 11.8. The number of hydrogen-bond donors (Lipinski definition) is 2. The lowest BCUT2D eigenvalue weighted by Crippen LogP contribution is -2.22. The van der Waals surface area contributed by atoms with E-state index in [4.69, 9.17) is 53.6 Å². The van der Waals surface area contributed by atoms with Gasteiger partial charge in [-0.1, -0.05) is 0 Å². The Labute approximate surface area is 161 Å². The third-order valence-electron chi connectivity index (χ3n) is 3.45. The zero-order valence-electron chi connectivity index (χ0n) is 14.6. The molecule has 0 aliphatic rings. The van der Waals surface area contributed by atoms with Gasteiger partial charge in [-0.25, -0.2) is 9.59 Å². The van der Waals surface area contributed by atoms with Gasteiger partial charge in [-0.3, -0.25) is 0 Å². The lowest BCUT2D eigenvalue weighted by molar-refractivity contribution is 0.143. The molecular weight excluding hydrogens is 387 g/mol.